The normalized spacial score (nSPS) is 11.9. The number of furan rings is 1. The van der Waals surface area contributed by atoms with Crippen LogP contribution in [0.15, 0.2) is 68.9 Å². The standard InChI is InChI=1S/C22H20N4O3/c1-3-12-26-22(28)17-10-6-5-9-16(17)20(25-26)21(27)24-23-14(2)19-13-15-8-4-7-11-18(15)29-19/h4-11,13H,3,12H2,1-2H3,(H,24,27)/b23-14-. The molecule has 0 aliphatic rings. The van der Waals surface area contributed by atoms with Gasteiger partial charge in [0.25, 0.3) is 11.5 Å². The minimum Gasteiger partial charge on any atom is -0.455 e. The average molecular weight is 388 g/mol. The van der Waals surface area contributed by atoms with Crippen molar-refractivity contribution in [3.63, 3.8) is 0 Å². The molecule has 2 aromatic carbocycles. The SMILES string of the molecule is CCCn1nc(C(=O)N/N=C(/C)c2cc3ccccc3o2)c2ccccc2c1=O. The Morgan fingerprint density at radius 2 is 1.86 bits per heavy atom. The van der Waals surface area contributed by atoms with Crippen molar-refractivity contribution in [1.29, 1.82) is 0 Å². The Morgan fingerprint density at radius 3 is 2.62 bits per heavy atom. The van der Waals surface area contributed by atoms with Crippen molar-refractivity contribution < 1.29 is 9.21 Å². The van der Waals surface area contributed by atoms with E-state index in [9.17, 15) is 9.59 Å². The lowest BCUT2D eigenvalue weighted by Gasteiger charge is -2.09. The number of nitrogens with one attached hydrogen (secondary N) is 1. The highest BCUT2D eigenvalue weighted by atomic mass is 16.3. The van der Waals surface area contributed by atoms with Crippen molar-refractivity contribution in [2.75, 3.05) is 0 Å². The Balaban J connectivity index is 1.67. The molecule has 0 saturated heterocycles. The quantitative estimate of drug-likeness (QED) is 0.417. The topological polar surface area (TPSA) is 89.5 Å². The number of hydrogen-bond donors (Lipinski definition) is 1. The van der Waals surface area contributed by atoms with Crippen molar-refractivity contribution in [1.82, 2.24) is 15.2 Å². The lowest BCUT2D eigenvalue weighted by Crippen LogP contribution is -2.29. The van der Waals surface area contributed by atoms with Crippen molar-refractivity contribution in [3.05, 3.63) is 76.4 Å². The second kappa shape index (κ2) is 7.71. The summed E-state index contributed by atoms with van der Waals surface area (Å²) in [6.45, 7) is 4.14. The van der Waals surface area contributed by atoms with Crippen LogP contribution in [0, 0.1) is 0 Å². The molecule has 29 heavy (non-hydrogen) atoms. The van der Waals surface area contributed by atoms with Crippen molar-refractivity contribution in [2.45, 2.75) is 26.8 Å². The van der Waals surface area contributed by atoms with Crippen molar-refractivity contribution >= 4 is 33.4 Å². The molecule has 2 aromatic heterocycles. The number of benzene rings is 2. The molecule has 4 rings (SSSR count). The number of rotatable bonds is 5. The summed E-state index contributed by atoms with van der Waals surface area (Å²) in [4.78, 5) is 25.4. The van der Waals surface area contributed by atoms with Gasteiger partial charge in [0.2, 0.25) is 0 Å². The molecule has 0 bridgehead atoms. The fourth-order valence-electron chi connectivity index (χ4n) is 3.17. The van der Waals surface area contributed by atoms with E-state index in [1.807, 2.05) is 37.3 Å². The molecule has 7 heteroatoms. The molecule has 1 amide bonds. The summed E-state index contributed by atoms with van der Waals surface area (Å²) in [5.41, 5.74) is 3.77. The molecule has 146 valence electrons. The van der Waals surface area contributed by atoms with Crippen LogP contribution in [0.25, 0.3) is 21.7 Å². The maximum absolute atomic E-state index is 12.8. The molecular weight excluding hydrogens is 368 g/mol. The van der Waals surface area contributed by atoms with Crippen LogP contribution < -0.4 is 11.0 Å². The molecule has 0 aliphatic carbocycles. The number of aryl methyl sites for hydroxylation is 1. The van der Waals surface area contributed by atoms with E-state index in [2.05, 4.69) is 15.6 Å². The maximum Gasteiger partial charge on any atom is 0.292 e. The van der Waals surface area contributed by atoms with Crippen molar-refractivity contribution in [2.24, 2.45) is 5.10 Å². The predicted octanol–water partition coefficient (Wildman–Crippen LogP) is 3.71. The summed E-state index contributed by atoms with van der Waals surface area (Å²) in [5.74, 6) is 0.0850. The third-order valence-corrected chi connectivity index (χ3v) is 4.63. The number of nitrogens with zero attached hydrogens (tertiary/aromatic N) is 3. The largest absolute Gasteiger partial charge is 0.455 e. The predicted molar refractivity (Wildman–Crippen MR) is 112 cm³/mol. The van der Waals surface area contributed by atoms with Crippen LogP contribution in [-0.2, 0) is 6.54 Å². The van der Waals surface area contributed by atoms with Gasteiger partial charge in [-0.05, 0) is 31.5 Å². The zero-order valence-electron chi connectivity index (χ0n) is 16.2. The first-order chi connectivity index (χ1) is 14.1. The number of carbonyl (C=O) groups excluding carboxylic acids is 1. The first kappa shape index (κ1) is 18.6. The highest BCUT2D eigenvalue weighted by molar-refractivity contribution is 6.06. The molecule has 0 aliphatic heterocycles. The van der Waals surface area contributed by atoms with Gasteiger partial charge in [-0.3, -0.25) is 9.59 Å². The van der Waals surface area contributed by atoms with E-state index >= 15 is 0 Å². The van der Waals surface area contributed by atoms with Crippen LogP contribution in [0.1, 0.15) is 36.5 Å². The van der Waals surface area contributed by atoms with Crippen LogP contribution in [0.2, 0.25) is 0 Å². The van der Waals surface area contributed by atoms with E-state index in [4.69, 9.17) is 4.42 Å². The molecule has 0 radical (unpaired) electrons. The summed E-state index contributed by atoms with van der Waals surface area (Å²) in [5, 5.41) is 10.4. The first-order valence-electron chi connectivity index (χ1n) is 9.42. The molecule has 2 heterocycles. The summed E-state index contributed by atoms with van der Waals surface area (Å²) >= 11 is 0. The van der Waals surface area contributed by atoms with Crippen molar-refractivity contribution in [3.8, 4) is 0 Å². The molecule has 0 fully saturated rings. The van der Waals surface area contributed by atoms with Gasteiger partial charge >= 0.3 is 0 Å². The minimum atomic E-state index is -0.485. The van der Waals surface area contributed by atoms with Gasteiger partial charge in [-0.25, -0.2) is 10.1 Å². The zero-order valence-corrected chi connectivity index (χ0v) is 16.2. The number of amides is 1. The van der Waals surface area contributed by atoms with Gasteiger partial charge < -0.3 is 4.42 Å². The second-order valence-corrected chi connectivity index (χ2v) is 6.71. The minimum absolute atomic E-state index is 0.162. The highest BCUT2D eigenvalue weighted by Crippen LogP contribution is 2.19. The van der Waals surface area contributed by atoms with Crippen LogP contribution in [0.3, 0.4) is 0 Å². The van der Waals surface area contributed by atoms with Gasteiger partial charge in [0.05, 0.1) is 5.39 Å². The van der Waals surface area contributed by atoms with Crippen LogP contribution in [0.4, 0.5) is 0 Å². The lowest BCUT2D eigenvalue weighted by atomic mass is 10.1. The highest BCUT2D eigenvalue weighted by Gasteiger charge is 2.16. The van der Waals surface area contributed by atoms with Crippen LogP contribution in [0.5, 0.6) is 0 Å². The van der Waals surface area contributed by atoms with Crippen LogP contribution in [-0.4, -0.2) is 21.4 Å². The Labute approximate surface area is 166 Å². The molecule has 0 spiro atoms. The molecular formula is C22H20N4O3. The molecule has 7 nitrogen and oxygen atoms in total. The Bertz CT molecular complexity index is 1270. The number of hydrogen-bond acceptors (Lipinski definition) is 5. The van der Waals surface area contributed by atoms with Gasteiger partial charge in [-0.15, -0.1) is 0 Å². The summed E-state index contributed by atoms with van der Waals surface area (Å²) < 4.78 is 7.09. The molecule has 0 unspecified atom stereocenters. The van der Waals surface area contributed by atoms with E-state index in [1.54, 1.807) is 31.2 Å². The number of para-hydroxylation sites is 1. The van der Waals surface area contributed by atoms with E-state index in [-0.39, 0.29) is 11.3 Å². The molecule has 1 N–H and O–H groups in total. The lowest BCUT2D eigenvalue weighted by molar-refractivity contribution is 0.0949. The Morgan fingerprint density at radius 1 is 1.14 bits per heavy atom. The van der Waals surface area contributed by atoms with E-state index in [1.165, 1.54) is 4.68 Å². The van der Waals surface area contributed by atoms with E-state index in [0.29, 0.717) is 28.8 Å². The van der Waals surface area contributed by atoms with Gasteiger partial charge in [-0.2, -0.15) is 10.2 Å². The Kier molecular flexibility index (Phi) is 4.95. The van der Waals surface area contributed by atoms with Gasteiger partial charge in [0.15, 0.2) is 11.5 Å². The van der Waals surface area contributed by atoms with E-state index < -0.39 is 5.91 Å². The second-order valence-electron chi connectivity index (χ2n) is 6.71. The number of hydrazone groups is 1. The van der Waals surface area contributed by atoms with Gasteiger partial charge in [-0.1, -0.05) is 43.3 Å². The third kappa shape index (κ3) is 3.54. The molecule has 4 aromatic rings. The number of fused-ring (bicyclic) bond motifs is 2. The monoisotopic (exact) mass is 388 g/mol. The smallest absolute Gasteiger partial charge is 0.292 e. The summed E-state index contributed by atoms with van der Waals surface area (Å²) in [6.07, 6.45) is 0.732. The van der Waals surface area contributed by atoms with E-state index in [0.717, 1.165) is 17.4 Å². The zero-order chi connectivity index (χ0) is 20.4. The molecule has 0 saturated carbocycles. The third-order valence-electron chi connectivity index (χ3n) is 4.63. The summed E-state index contributed by atoms with van der Waals surface area (Å²) in [7, 11) is 0. The fraction of sp³-hybridized carbons (Fsp3) is 0.182. The maximum atomic E-state index is 12.8. The number of aromatic nitrogens is 2. The number of carbonyl (C=O) groups is 1. The van der Waals surface area contributed by atoms with Gasteiger partial charge in [0.1, 0.15) is 11.3 Å². The average Bonchev–Trinajstić information content (AvgIpc) is 3.18. The Hall–Kier alpha value is -3.74. The summed E-state index contributed by atoms with van der Waals surface area (Å²) in [6, 6.07) is 16.5. The van der Waals surface area contributed by atoms with Crippen LogP contribution >= 0.6 is 0 Å². The first-order valence-corrected chi connectivity index (χ1v) is 9.42. The van der Waals surface area contributed by atoms with Gasteiger partial charge in [0, 0.05) is 17.3 Å². The molecule has 0 atom stereocenters. The fourth-order valence-corrected chi connectivity index (χ4v) is 3.17.